The Morgan fingerprint density at radius 2 is 1.06 bits per heavy atom. The van der Waals surface area contributed by atoms with Crippen LogP contribution in [0.15, 0.2) is 103 Å². The fraction of sp³-hybridized carbons (Fsp3) is 0.0667. The Balaban J connectivity index is 1.51. The number of allylic oxidation sites excluding steroid dienone is 2. The van der Waals surface area contributed by atoms with Crippen LogP contribution in [-0.4, -0.2) is 0 Å². The van der Waals surface area contributed by atoms with Gasteiger partial charge in [0.2, 0.25) is 0 Å². The highest BCUT2D eigenvalue weighted by Crippen LogP contribution is 2.36. The minimum atomic E-state index is 1.15. The molecule has 0 spiro atoms. The summed E-state index contributed by atoms with van der Waals surface area (Å²) in [5, 5.41) is 0. The summed E-state index contributed by atoms with van der Waals surface area (Å²) in [7, 11) is 0. The minimum Gasteiger partial charge on any atom is -0.311 e. The number of benzene rings is 4. The molecular formula is C30H25N. The third-order valence-electron chi connectivity index (χ3n) is 5.77. The van der Waals surface area contributed by atoms with Crippen LogP contribution in [-0.2, 0) is 0 Å². The molecule has 0 heterocycles. The molecule has 1 aliphatic carbocycles. The smallest absolute Gasteiger partial charge is 0.0462 e. The Morgan fingerprint density at radius 3 is 1.65 bits per heavy atom. The Kier molecular flexibility index (Phi) is 5.01. The summed E-state index contributed by atoms with van der Waals surface area (Å²) in [6, 6.07) is 34.8. The van der Waals surface area contributed by atoms with Gasteiger partial charge < -0.3 is 4.90 Å². The fourth-order valence-corrected chi connectivity index (χ4v) is 4.03. The van der Waals surface area contributed by atoms with E-state index in [1.807, 2.05) is 0 Å². The molecule has 4 aromatic rings. The average Bonchev–Trinajstić information content (AvgIpc) is 3.20. The van der Waals surface area contributed by atoms with Crippen molar-refractivity contribution in [3.8, 4) is 0 Å². The lowest BCUT2D eigenvalue weighted by molar-refractivity contribution is 1.27. The second-order valence-electron chi connectivity index (χ2n) is 8.12. The van der Waals surface area contributed by atoms with Crippen LogP contribution >= 0.6 is 0 Å². The van der Waals surface area contributed by atoms with Crippen molar-refractivity contribution >= 4 is 34.8 Å². The summed E-state index contributed by atoms with van der Waals surface area (Å²) >= 11 is 0. The third kappa shape index (κ3) is 3.95. The van der Waals surface area contributed by atoms with Gasteiger partial charge in [-0.1, -0.05) is 83.9 Å². The highest BCUT2D eigenvalue weighted by atomic mass is 15.1. The average molecular weight is 400 g/mol. The van der Waals surface area contributed by atoms with E-state index in [4.69, 9.17) is 0 Å². The Hall–Kier alpha value is -3.84. The van der Waals surface area contributed by atoms with Crippen molar-refractivity contribution in [1.29, 1.82) is 0 Å². The molecule has 4 aromatic carbocycles. The highest BCUT2D eigenvalue weighted by molar-refractivity contribution is 5.97. The van der Waals surface area contributed by atoms with Crippen molar-refractivity contribution in [2.75, 3.05) is 4.90 Å². The zero-order chi connectivity index (χ0) is 21.2. The summed E-state index contributed by atoms with van der Waals surface area (Å²) in [5.74, 6) is 0. The molecule has 1 aliphatic rings. The number of rotatable bonds is 4. The molecule has 0 saturated heterocycles. The molecule has 150 valence electrons. The first-order valence-corrected chi connectivity index (χ1v) is 10.7. The number of anilines is 3. The fourth-order valence-electron chi connectivity index (χ4n) is 4.03. The molecule has 0 aliphatic heterocycles. The van der Waals surface area contributed by atoms with E-state index in [1.54, 1.807) is 0 Å². The van der Waals surface area contributed by atoms with Crippen LogP contribution in [0.1, 0.15) is 27.8 Å². The third-order valence-corrected chi connectivity index (χ3v) is 5.77. The largest absolute Gasteiger partial charge is 0.311 e. The van der Waals surface area contributed by atoms with Gasteiger partial charge in [-0.2, -0.15) is 0 Å². The Labute approximate surface area is 184 Å². The summed E-state index contributed by atoms with van der Waals surface area (Å²) in [6.45, 7) is 4.25. The molecule has 31 heavy (non-hydrogen) atoms. The van der Waals surface area contributed by atoms with Gasteiger partial charge in [0.25, 0.3) is 0 Å². The lowest BCUT2D eigenvalue weighted by atomic mass is 10.0. The maximum Gasteiger partial charge on any atom is 0.0462 e. The predicted octanol–water partition coefficient (Wildman–Crippen LogP) is 8.34. The SMILES string of the molecule is Cc1ccc(N(c2ccc(C)cc2)c2ccc(C=C3C=Cc4ccccc43)cc2)cc1. The maximum atomic E-state index is 2.31. The van der Waals surface area contributed by atoms with Crippen LogP contribution in [0.3, 0.4) is 0 Å². The topological polar surface area (TPSA) is 3.24 Å². The molecule has 1 heteroatoms. The molecule has 0 radical (unpaired) electrons. The van der Waals surface area contributed by atoms with E-state index in [-0.39, 0.29) is 0 Å². The number of nitrogens with zero attached hydrogens (tertiary/aromatic N) is 1. The quantitative estimate of drug-likeness (QED) is 0.333. The van der Waals surface area contributed by atoms with Gasteiger partial charge in [0.15, 0.2) is 0 Å². The Morgan fingerprint density at radius 1 is 0.548 bits per heavy atom. The molecule has 0 atom stereocenters. The van der Waals surface area contributed by atoms with Gasteiger partial charge in [0.05, 0.1) is 0 Å². The zero-order valence-corrected chi connectivity index (χ0v) is 17.9. The van der Waals surface area contributed by atoms with E-state index in [0.717, 1.165) is 17.1 Å². The Bertz CT molecular complexity index is 1210. The van der Waals surface area contributed by atoms with Crippen molar-refractivity contribution in [2.24, 2.45) is 0 Å². The lowest BCUT2D eigenvalue weighted by Crippen LogP contribution is -2.09. The van der Waals surface area contributed by atoms with Gasteiger partial charge in [0.1, 0.15) is 0 Å². The van der Waals surface area contributed by atoms with Gasteiger partial charge >= 0.3 is 0 Å². The zero-order valence-electron chi connectivity index (χ0n) is 17.9. The van der Waals surface area contributed by atoms with Gasteiger partial charge in [-0.05, 0) is 78.6 Å². The van der Waals surface area contributed by atoms with Crippen LogP contribution in [0.25, 0.3) is 17.7 Å². The first kappa shape index (κ1) is 19.1. The molecule has 0 aromatic heterocycles. The molecule has 5 rings (SSSR count). The first-order valence-electron chi connectivity index (χ1n) is 10.7. The molecular weight excluding hydrogens is 374 g/mol. The van der Waals surface area contributed by atoms with E-state index >= 15 is 0 Å². The normalized spacial score (nSPS) is 13.4. The number of fused-ring (bicyclic) bond motifs is 1. The highest BCUT2D eigenvalue weighted by Gasteiger charge is 2.13. The molecule has 0 fully saturated rings. The monoisotopic (exact) mass is 399 g/mol. The summed E-state index contributed by atoms with van der Waals surface area (Å²) in [4.78, 5) is 2.31. The van der Waals surface area contributed by atoms with Crippen LogP contribution in [0.2, 0.25) is 0 Å². The number of aryl methyl sites for hydroxylation is 2. The van der Waals surface area contributed by atoms with E-state index in [2.05, 4.69) is 134 Å². The van der Waals surface area contributed by atoms with Crippen LogP contribution in [0, 0.1) is 13.8 Å². The van der Waals surface area contributed by atoms with Crippen molar-refractivity contribution in [1.82, 2.24) is 0 Å². The maximum absolute atomic E-state index is 2.31. The predicted molar refractivity (Wildman–Crippen MR) is 134 cm³/mol. The number of hydrogen-bond donors (Lipinski definition) is 0. The van der Waals surface area contributed by atoms with Crippen LogP contribution < -0.4 is 4.90 Å². The van der Waals surface area contributed by atoms with E-state index in [1.165, 1.54) is 33.4 Å². The van der Waals surface area contributed by atoms with Gasteiger partial charge in [-0.3, -0.25) is 0 Å². The number of hydrogen-bond acceptors (Lipinski definition) is 1. The van der Waals surface area contributed by atoms with E-state index < -0.39 is 0 Å². The second-order valence-corrected chi connectivity index (χ2v) is 8.12. The van der Waals surface area contributed by atoms with Crippen LogP contribution in [0.4, 0.5) is 17.1 Å². The van der Waals surface area contributed by atoms with Crippen LogP contribution in [0.5, 0.6) is 0 Å². The van der Waals surface area contributed by atoms with Gasteiger partial charge in [-0.25, -0.2) is 0 Å². The van der Waals surface area contributed by atoms with Crippen molar-refractivity contribution < 1.29 is 0 Å². The molecule has 0 saturated carbocycles. The van der Waals surface area contributed by atoms with Gasteiger partial charge in [-0.15, -0.1) is 0 Å². The van der Waals surface area contributed by atoms with Crippen molar-refractivity contribution in [3.63, 3.8) is 0 Å². The van der Waals surface area contributed by atoms with Crippen molar-refractivity contribution in [3.05, 3.63) is 131 Å². The standard InChI is InChI=1S/C30H25N/c1-22-7-15-27(16-8-22)31(28-17-9-23(2)10-18-28)29-19-11-24(12-20-29)21-26-14-13-25-5-3-4-6-30(25)26/h3-21H,1-2H3. The van der Waals surface area contributed by atoms with Crippen molar-refractivity contribution in [2.45, 2.75) is 13.8 Å². The molecule has 0 bridgehead atoms. The first-order chi connectivity index (χ1) is 15.2. The molecule has 0 N–H and O–H groups in total. The summed E-state index contributed by atoms with van der Waals surface area (Å²) in [6.07, 6.45) is 6.64. The summed E-state index contributed by atoms with van der Waals surface area (Å²) in [5.41, 5.74) is 11.0. The second kappa shape index (κ2) is 8.12. The van der Waals surface area contributed by atoms with E-state index in [9.17, 15) is 0 Å². The molecule has 0 unspecified atom stereocenters. The summed E-state index contributed by atoms with van der Waals surface area (Å²) < 4.78 is 0. The molecule has 1 nitrogen and oxygen atoms in total. The lowest BCUT2D eigenvalue weighted by Gasteiger charge is -2.26. The molecule has 0 amide bonds. The minimum absolute atomic E-state index is 1.15. The van der Waals surface area contributed by atoms with E-state index in [0.29, 0.717) is 0 Å². The van der Waals surface area contributed by atoms with Gasteiger partial charge in [0, 0.05) is 17.1 Å².